The van der Waals surface area contributed by atoms with Crippen LogP contribution in [-0.4, -0.2) is 64.0 Å². The minimum atomic E-state index is -0.143. The second kappa shape index (κ2) is 7.42. The second-order valence-electron chi connectivity index (χ2n) is 6.39. The van der Waals surface area contributed by atoms with Gasteiger partial charge in [-0.3, -0.25) is 4.79 Å². The molecule has 8 heteroatoms. The molecule has 4 rings (SSSR count). The van der Waals surface area contributed by atoms with E-state index in [-0.39, 0.29) is 5.91 Å². The van der Waals surface area contributed by atoms with Crippen LogP contribution >= 0.6 is 0 Å². The molecule has 3 aromatic rings. The Bertz CT molecular complexity index is 964. The zero-order chi connectivity index (χ0) is 18.8. The van der Waals surface area contributed by atoms with Crippen molar-refractivity contribution in [3.05, 3.63) is 47.4 Å². The zero-order valence-electron chi connectivity index (χ0n) is 15.4. The number of hydrogen-bond acceptors (Lipinski definition) is 6. The molecule has 1 aromatic carbocycles. The maximum Gasteiger partial charge on any atom is 0.276 e. The lowest BCUT2D eigenvalue weighted by molar-refractivity contribution is 0.0297. The van der Waals surface area contributed by atoms with Gasteiger partial charge in [0, 0.05) is 20.2 Å². The van der Waals surface area contributed by atoms with Crippen molar-refractivity contribution in [2.45, 2.75) is 13.5 Å². The van der Waals surface area contributed by atoms with E-state index < -0.39 is 0 Å². The molecule has 0 unspecified atom stereocenters. The highest BCUT2D eigenvalue weighted by atomic mass is 16.5. The van der Waals surface area contributed by atoms with Gasteiger partial charge in [-0.1, -0.05) is 30.3 Å². The minimum Gasteiger partial charge on any atom is -0.378 e. The first-order valence-corrected chi connectivity index (χ1v) is 8.87. The lowest BCUT2D eigenvalue weighted by Gasteiger charge is -2.26. The van der Waals surface area contributed by atoms with Crippen LogP contribution in [0.4, 0.5) is 0 Å². The Morgan fingerprint density at radius 3 is 2.63 bits per heavy atom. The number of ether oxygens (including phenoxy) is 2. The fraction of sp³-hybridized carbons (Fsp3) is 0.368. The molecule has 1 saturated heterocycles. The number of carbonyl (C=O) groups excluding carboxylic acids is 1. The number of nitrogens with zero attached hydrogens (tertiary/aromatic N) is 5. The molecule has 8 nitrogen and oxygen atoms in total. The van der Waals surface area contributed by atoms with Gasteiger partial charge in [0.15, 0.2) is 11.3 Å². The molecule has 0 radical (unpaired) electrons. The van der Waals surface area contributed by atoms with Gasteiger partial charge in [-0.2, -0.15) is 5.10 Å². The van der Waals surface area contributed by atoms with Gasteiger partial charge in [-0.15, -0.1) is 10.2 Å². The van der Waals surface area contributed by atoms with Crippen LogP contribution in [-0.2, 0) is 16.1 Å². The molecule has 3 heterocycles. The van der Waals surface area contributed by atoms with E-state index >= 15 is 0 Å². The van der Waals surface area contributed by atoms with Crippen LogP contribution in [0, 0.1) is 6.92 Å². The van der Waals surface area contributed by atoms with E-state index in [9.17, 15) is 4.79 Å². The number of rotatable bonds is 4. The number of benzene rings is 1. The fourth-order valence-electron chi connectivity index (χ4n) is 3.30. The number of methoxy groups -OCH3 is 1. The number of hydrogen-bond donors (Lipinski definition) is 0. The molecular formula is C19H21N5O3. The van der Waals surface area contributed by atoms with Gasteiger partial charge >= 0.3 is 0 Å². The number of carbonyl (C=O) groups is 1. The second-order valence-corrected chi connectivity index (χ2v) is 6.39. The minimum absolute atomic E-state index is 0.143. The molecule has 2 aromatic heterocycles. The van der Waals surface area contributed by atoms with Crippen LogP contribution in [0.5, 0.6) is 0 Å². The van der Waals surface area contributed by atoms with Crippen LogP contribution in [0.2, 0.25) is 0 Å². The Hall–Kier alpha value is -2.84. The van der Waals surface area contributed by atoms with E-state index in [1.807, 2.05) is 37.3 Å². The third kappa shape index (κ3) is 3.17. The summed E-state index contributed by atoms with van der Waals surface area (Å²) in [4.78, 5) is 14.6. The van der Waals surface area contributed by atoms with Crippen molar-refractivity contribution < 1.29 is 14.3 Å². The first kappa shape index (κ1) is 17.6. The van der Waals surface area contributed by atoms with Gasteiger partial charge in [-0.25, -0.2) is 4.52 Å². The number of morpholine rings is 1. The smallest absolute Gasteiger partial charge is 0.276 e. The number of fused-ring (bicyclic) bond motifs is 1. The Kier molecular flexibility index (Phi) is 4.83. The normalized spacial score (nSPS) is 14.7. The highest BCUT2D eigenvalue weighted by Gasteiger charge is 2.25. The third-order valence-corrected chi connectivity index (χ3v) is 4.68. The maximum absolute atomic E-state index is 12.9. The zero-order valence-corrected chi connectivity index (χ0v) is 15.4. The molecule has 27 heavy (non-hydrogen) atoms. The van der Waals surface area contributed by atoms with Gasteiger partial charge in [0.1, 0.15) is 0 Å². The third-order valence-electron chi connectivity index (χ3n) is 4.68. The van der Waals surface area contributed by atoms with Crippen molar-refractivity contribution in [2.24, 2.45) is 0 Å². The fourth-order valence-corrected chi connectivity index (χ4v) is 3.30. The molecule has 0 spiro atoms. The van der Waals surface area contributed by atoms with Crippen molar-refractivity contribution in [2.75, 3.05) is 33.4 Å². The Morgan fingerprint density at radius 2 is 1.93 bits per heavy atom. The van der Waals surface area contributed by atoms with Gasteiger partial charge in [0.05, 0.1) is 36.8 Å². The molecule has 0 bridgehead atoms. The van der Waals surface area contributed by atoms with Crippen molar-refractivity contribution in [3.8, 4) is 11.1 Å². The molecule has 0 atom stereocenters. The molecule has 1 fully saturated rings. The largest absolute Gasteiger partial charge is 0.378 e. The summed E-state index contributed by atoms with van der Waals surface area (Å²) in [6.45, 7) is 4.38. The molecule has 1 amide bonds. The van der Waals surface area contributed by atoms with Gasteiger partial charge in [-0.05, 0) is 12.5 Å². The number of aromatic nitrogens is 4. The highest BCUT2D eigenvalue weighted by molar-refractivity contribution is 5.93. The molecule has 1 aliphatic rings. The topological polar surface area (TPSA) is 81.9 Å². The molecule has 140 valence electrons. The van der Waals surface area contributed by atoms with E-state index in [1.54, 1.807) is 16.5 Å². The summed E-state index contributed by atoms with van der Waals surface area (Å²) in [5.74, 6) is -0.143. The Labute approximate surface area is 156 Å². The highest BCUT2D eigenvalue weighted by Crippen LogP contribution is 2.28. The van der Waals surface area contributed by atoms with Gasteiger partial charge < -0.3 is 14.4 Å². The Morgan fingerprint density at radius 1 is 1.19 bits per heavy atom. The summed E-state index contributed by atoms with van der Waals surface area (Å²) in [5.41, 5.74) is 4.21. The lowest BCUT2D eigenvalue weighted by atomic mass is 10.1. The van der Waals surface area contributed by atoms with Crippen LogP contribution in [0.3, 0.4) is 0 Å². The molecule has 1 aliphatic heterocycles. The lowest BCUT2D eigenvalue weighted by Crippen LogP contribution is -2.41. The van der Waals surface area contributed by atoms with E-state index in [0.29, 0.717) is 49.9 Å². The predicted molar refractivity (Wildman–Crippen MR) is 98.4 cm³/mol. The summed E-state index contributed by atoms with van der Waals surface area (Å²) in [7, 11) is 1.63. The molecular weight excluding hydrogens is 346 g/mol. The van der Waals surface area contributed by atoms with Crippen molar-refractivity contribution in [1.29, 1.82) is 0 Å². The number of amides is 1. The molecule has 0 saturated carbocycles. The van der Waals surface area contributed by atoms with Crippen molar-refractivity contribution in [1.82, 2.24) is 24.7 Å². The standard InChI is InChI=1S/C19H21N5O3/c1-13-17(19(25)23-8-10-27-11-9-23)20-21-18-16(14-6-4-3-5-7-14)15(12-26-2)22-24(13)18/h3-7H,8-12H2,1-2H3. The van der Waals surface area contributed by atoms with E-state index in [0.717, 1.165) is 16.8 Å². The van der Waals surface area contributed by atoms with Crippen molar-refractivity contribution in [3.63, 3.8) is 0 Å². The summed E-state index contributed by atoms with van der Waals surface area (Å²) < 4.78 is 12.3. The van der Waals surface area contributed by atoms with Crippen LogP contribution < -0.4 is 0 Å². The predicted octanol–water partition coefficient (Wildman–Crippen LogP) is 1.72. The molecule has 0 N–H and O–H groups in total. The van der Waals surface area contributed by atoms with Gasteiger partial charge in [0.2, 0.25) is 0 Å². The van der Waals surface area contributed by atoms with Crippen LogP contribution in [0.15, 0.2) is 30.3 Å². The molecule has 0 aliphatic carbocycles. The first-order valence-electron chi connectivity index (χ1n) is 8.87. The van der Waals surface area contributed by atoms with E-state index in [2.05, 4.69) is 15.3 Å². The summed E-state index contributed by atoms with van der Waals surface area (Å²) >= 11 is 0. The average Bonchev–Trinajstić information content (AvgIpc) is 3.08. The monoisotopic (exact) mass is 367 g/mol. The average molecular weight is 367 g/mol. The van der Waals surface area contributed by atoms with Crippen LogP contribution in [0.25, 0.3) is 16.8 Å². The summed E-state index contributed by atoms with van der Waals surface area (Å²) in [6, 6.07) is 9.89. The summed E-state index contributed by atoms with van der Waals surface area (Å²) in [5, 5.41) is 13.3. The van der Waals surface area contributed by atoms with Crippen molar-refractivity contribution >= 4 is 11.6 Å². The van der Waals surface area contributed by atoms with Crippen LogP contribution in [0.1, 0.15) is 21.9 Å². The summed E-state index contributed by atoms with van der Waals surface area (Å²) in [6.07, 6.45) is 0. The first-order chi connectivity index (χ1) is 13.2. The van der Waals surface area contributed by atoms with Gasteiger partial charge in [0.25, 0.3) is 5.91 Å². The quantitative estimate of drug-likeness (QED) is 0.698. The Balaban J connectivity index is 1.83. The number of aryl methyl sites for hydroxylation is 1. The SMILES string of the molecule is COCc1nn2c(C)c(C(=O)N3CCOCC3)nnc2c1-c1ccccc1. The van der Waals surface area contributed by atoms with E-state index in [4.69, 9.17) is 9.47 Å². The van der Waals surface area contributed by atoms with E-state index in [1.165, 1.54) is 0 Å². The maximum atomic E-state index is 12.9.